The van der Waals surface area contributed by atoms with Gasteiger partial charge in [-0.05, 0) is 13.6 Å². The number of nitrogens with zero attached hydrogens (tertiary/aromatic N) is 1. The zero-order valence-electron chi connectivity index (χ0n) is 3.52. The molecule has 1 N–H and O–H groups in total. The normalized spacial score (nSPS) is 49.2. The van der Waals surface area contributed by atoms with Crippen LogP contribution in [-0.4, -0.2) is 20.8 Å². The number of hydrazine groups is 1. The van der Waals surface area contributed by atoms with Crippen LogP contribution in [0.5, 0.6) is 0 Å². The van der Waals surface area contributed by atoms with Crippen LogP contribution in [0.15, 0.2) is 0 Å². The van der Waals surface area contributed by atoms with Gasteiger partial charge in [0.1, 0.15) is 0 Å². The Kier molecular flexibility index (Phi) is 0.533. The molecule has 0 aliphatic carbocycles. The lowest BCUT2D eigenvalue weighted by atomic mass is 11.5. The molecule has 0 aromatic rings. The third-order valence-corrected chi connectivity index (χ3v) is 2.71. The van der Waals surface area contributed by atoms with Gasteiger partial charge < -0.3 is 0 Å². The zero-order chi connectivity index (χ0) is 3.86. The number of hydrogen-bond acceptors (Lipinski definition) is 2. The first-order valence-corrected chi connectivity index (χ1v) is 4.04. The second-order valence-corrected chi connectivity index (χ2v) is 3.80. The van der Waals surface area contributed by atoms with Crippen molar-refractivity contribution in [3.8, 4) is 0 Å². The summed E-state index contributed by atoms with van der Waals surface area (Å²) in [6.45, 7) is 2.25. The van der Waals surface area contributed by atoms with E-state index in [0.717, 1.165) is 0 Å². The smallest absolute Gasteiger partial charge is 0.210 e. The second-order valence-electron chi connectivity index (χ2n) is 1.42. The van der Waals surface area contributed by atoms with Crippen LogP contribution in [0.2, 0.25) is 6.55 Å². The molecule has 0 saturated carbocycles. The Balaban J connectivity index is 2.20. The summed E-state index contributed by atoms with van der Waals surface area (Å²) in [6, 6.07) is 0. The van der Waals surface area contributed by atoms with E-state index in [-0.39, 0.29) is 0 Å². The van der Waals surface area contributed by atoms with Gasteiger partial charge in [-0.3, -0.25) is 9.77 Å². The highest BCUT2D eigenvalue weighted by Gasteiger charge is 2.24. The molecule has 1 aliphatic rings. The van der Waals surface area contributed by atoms with E-state index in [4.69, 9.17) is 0 Å². The predicted octanol–water partition coefficient (Wildman–Crippen LogP) is -0.713. The van der Waals surface area contributed by atoms with Gasteiger partial charge in [-0.2, -0.15) is 0 Å². The van der Waals surface area contributed by atoms with Gasteiger partial charge in [0.05, 0.1) is 0 Å². The van der Waals surface area contributed by atoms with E-state index in [0.29, 0.717) is 0 Å². The minimum Gasteiger partial charge on any atom is -0.269 e. The van der Waals surface area contributed by atoms with Crippen molar-refractivity contribution in [1.29, 1.82) is 0 Å². The first-order chi connectivity index (χ1) is 2.30. The van der Waals surface area contributed by atoms with E-state index in [1.54, 1.807) is 0 Å². The summed E-state index contributed by atoms with van der Waals surface area (Å²) in [5.74, 6) is 0. The molecule has 2 atom stereocenters. The average Bonchev–Trinajstić information content (AvgIpc) is 1.79. The maximum atomic E-state index is 3.17. The van der Waals surface area contributed by atoms with Crippen molar-refractivity contribution < 1.29 is 0 Å². The highest BCUT2D eigenvalue weighted by Crippen LogP contribution is 1.93. The van der Waals surface area contributed by atoms with Crippen LogP contribution >= 0.6 is 0 Å². The summed E-state index contributed by atoms with van der Waals surface area (Å²) in [5.41, 5.74) is 0. The van der Waals surface area contributed by atoms with Crippen LogP contribution in [0.4, 0.5) is 0 Å². The Morgan fingerprint density at radius 2 is 2.00 bits per heavy atom. The molecule has 0 bridgehead atoms. The van der Waals surface area contributed by atoms with Gasteiger partial charge in [0.25, 0.3) is 0 Å². The van der Waals surface area contributed by atoms with Crippen LogP contribution < -0.4 is 5.09 Å². The Bertz CT molecular complexity index is 40.9. The lowest BCUT2D eigenvalue weighted by molar-refractivity contribution is 0.667. The monoisotopic (exact) mass is 88.0 g/mol. The maximum absolute atomic E-state index is 3.17. The SMILES string of the molecule is CN1N[SiH]1C. The fraction of sp³-hybridized carbons (Fsp3) is 1.00. The maximum Gasteiger partial charge on any atom is 0.210 e. The molecule has 0 amide bonds. The quantitative estimate of drug-likeness (QED) is 0.312. The minimum atomic E-state index is -0.400. The lowest BCUT2D eigenvalue weighted by Gasteiger charge is -1.70. The Labute approximate surface area is 33.5 Å². The molecule has 0 aromatic heterocycles. The molecule has 0 spiro atoms. The predicted molar refractivity (Wildman–Crippen MR) is 23.9 cm³/mol. The summed E-state index contributed by atoms with van der Waals surface area (Å²) >= 11 is 0. The van der Waals surface area contributed by atoms with Gasteiger partial charge >= 0.3 is 0 Å². The largest absolute Gasteiger partial charge is 0.269 e. The van der Waals surface area contributed by atoms with E-state index in [1.807, 2.05) is 0 Å². The zero-order valence-corrected chi connectivity index (χ0v) is 4.68. The van der Waals surface area contributed by atoms with E-state index < -0.39 is 9.12 Å². The second kappa shape index (κ2) is 0.799. The highest BCUT2D eigenvalue weighted by molar-refractivity contribution is 6.59. The summed E-state index contributed by atoms with van der Waals surface area (Å²) in [4.78, 5) is 0. The Hall–Kier alpha value is 0.137. The van der Waals surface area contributed by atoms with Gasteiger partial charge in [0.2, 0.25) is 9.12 Å². The van der Waals surface area contributed by atoms with Crippen LogP contribution in [0, 0.1) is 0 Å². The van der Waals surface area contributed by atoms with Gasteiger partial charge in [-0.1, -0.05) is 0 Å². The Morgan fingerprint density at radius 1 is 1.80 bits per heavy atom. The molecule has 1 saturated heterocycles. The van der Waals surface area contributed by atoms with Crippen LogP contribution in [0.1, 0.15) is 0 Å². The molecule has 2 nitrogen and oxygen atoms in total. The molecule has 30 valence electrons. The van der Waals surface area contributed by atoms with E-state index in [1.165, 1.54) is 0 Å². The van der Waals surface area contributed by atoms with Crippen molar-refractivity contribution in [2.45, 2.75) is 6.55 Å². The van der Waals surface area contributed by atoms with Crippen molar-refractivity contribution in [2.75, 3.05) is 7.05 Å². The minimum absolute atomic E-state index is 0.400. The van der Waals surface area contributed by atoms with Gasteiger partial charge in [0.15, 0.2) is 0 Å². The topological polar surface area (TPSA) is 25.0 Å². The van der Waals surface area contributed by atoms with Crippen LogP contribution in [0.25, 0.3) is 0 Å². The summed E-state index contributed by atoms with van der Waals surface area (Å²) in [5, 5.41) is 3.17. The standard InChI is InChI=1S/C2H8N2Si/c1-4-3-5(4)2/h3,5H,1-2H3. The average molecular weight is 88.2 g/mol. The number of rotatable bonds is 0. The van der Waals surface area contributed by atoms with Crippen molar-refractivity contribution in [2.24, 2.45) is 0 Å². The van der Waals surface area contributed by atoms with E-state index in [2.05, 4.69) is 23.4 Å². The molecule has 2 unspecified atom stereocenters. The molecule has 1 heterocycles. The molecular weight excluding hydrogens is 80.1 g/mol. The van der Waals surface area contributed by atoms with Crippen LogP contribution in [0.3, 0.4) is 0 Å². The Morgan fingerprint density at radius 3 is 2.00 bits per heavy atom. The molecule has 1 rings (SSSR count). The molecule has 1 fully saturated rings. The van der Waals surface area contributed by atoms with Crippen molar-refractivity contribution >= 4 is 9.12 Å². The molecule has 1 aliphatic heterocycles. The van der Waals surface area contributed by atoms with Crippen molar-refractivity contribution in [3.63, 3.8) is 0 Å². The molecule has 0 radical (unpaired) electrons. The van der Waals surface area contributed by atoms with Crippen LogP contribution in [-0.2, 0) is 0 Å². The first kappa shape index (κ1) is 3.33. The molecule has 3 heteroatoms. The van der Waals surface area contributed by atoms with Gasteiger partial charge in [0, 0.05) is 0 Å². The fourth-order valence-corrected chi connectivity index (χ4v) is 1.23. The first-order valence-electron chi connectivity index (χ1n) is 1.80. The molecule has 0 aromatic carbocycles. The fourth-order valence-electron chi connectivity index (χ4n) is 0.261. The summed E-state index contributed by atoms with van der Waals surface area (Å²) < 4.78 is 2.18. The van der Waals surface area contributed by atoms with Crippen molar-refractivity contribution in [3.05, 3.63) is 0 Å². The third kappa shape index (κ3) is 0.502. The van der Waals surface area contributed by atoms with Crippen molar-refractivity contribution in [1.82, 2.24) is 9.77 Å². The number of nitrogens with one attached hydrogen (secondary N) is 1. The van der Waals surface area contributed by atoms with Gasteiger partial charge in [-0.15, -0.1) is 0 Å². The lowest BCUT2D eigenvalue weighted by Crippen LogP contribution is -1.89. The molecular formula is C2H8N2Si. The summed E-state index contributed by atoms with van der Waals surface area (Å²) in [6.07, 6.45) is 0. The highest BCUT2D eigenvalue weighted by atomic mass is 28.3. The molecule has 5 heavy (non-hydrogen) atoms. The summed E-state index contributed by atoms with van der Waals surface area (Å²) in [7, 11) is 1.68. The number of hydrogen-bond donors (Lipinski definition) is 1. The van der Waals surface area contributed by atoms with Gasteiger partial charge in [-0.25, -0.2) is 0 Å². The third-order valence-electron chi connectivity index (χ3n) is 0.904. The van der Waals surface area contributed by atoms with E-state index >= 15 is 0 Å². The van der Waals surface area contributed by atoms with E-state index in [9.17, 15) is 0 Å².